The molecule has 0 aliphatic carbocycles. The normalized spacial score (nSPS) is 16.2. The Morgan fingerprint density at radius 2 is 1.77 bits per heavy atom. The van der Waals surface area contributed by atoms with Gasteiger partial charge in [-0.25, -0.2) is 4.98 Å². The molecule has 2 aliphatic rings. The molecule has 204 valence electrons. The molecule has 0 atom stereocenters. The molecule has 0 spiro atoms. The summed E-state index contributed by atoms with van der Waals surface area (Å²) in [4.78, 5) is 50.6. The van der Waals surface area contributed by atoms with Crippen molar-refractivity contribution in [1.29, 1.82) is 0 Å². The zero-order valence-corrected chi connectivity index (χ0v) is 22.4. The lowest BCUT2D eigenvalue weighted by molar-refractivity contribution is -0.139. The van der Waals surface area contributed by atoms with Crippen molar-refractivity contribution < 1.29 is 14.4 Å². The van der Waals surface area contributed by atoms with Crippen LogP contribution in [0.3, 0.4) is 0 Å². The average Bonchev–Trinajstić information content (AvgIpc) is 3.59. The van der Waals surface area contributed by atoms with Crippen LogP contribution in [0.4, 0.5) is 5.82 Å². The average molecular weight is 538 g/mol. The summed E-state index contributed by atoms with van der Waals surface area (Å²) in [5.41, 5.74) is 11.6. The molecule has 0 radical (unpaired) electrons. The van der Waals surface area contributed by atoms with E-state index in [4.69, 9.17) is 10.7 Å². The van der Waals surface area contributed by atoms with Crippen LogP contribution in [0.15, 0.2) is 54.9 Å². The van der Waals surface area contributed by atoms with E-state index >= 15 is 0 Å². The number of fused-ring (bicyclic) bond motifs is 1. The molecule has 2 fully saturated rings. The van der Waals surface area contributed by atoms with Crippen molar-refractivity contribution in [3.63, 3.8) is 0 Å². The van der Waals surface area contributed by atoms with Crippen molar-refractivity contribution in [3.8, 4) is 22.4 Å². The van der Waals surface area contributed by atoms with Crippen LogP contribution in [0.1, 0.15) is 54.6 Å². The zero-order valence-electron chi connectivity index (χ0n) is 22.4. The molecule has 0 unspecified atom stereocenters. The van der Waals surface area contributed by atoms with Crippen LogP contribution in [0.25, 0.3) is 28.0 Å². The minimum absolute atomic E-state index is 0.0343. The number of ketones is 1. The molecule has 6 rings (SSSR count). The Morgan fingerprint density at radius 1 is 1.00 bits per heavy atom. The number of benzene rings is 1. The maximum atomic E-state index is 12.9. The van der Waals surface area contributed by atoms with E-state index in [0.717, 1.165) is 28.8 Å². The number of hydrogen-bond donors (Lipinski definition) is 1. The van der Waals surface area contributed by atoms with E-state index in [9.17, 15) is 14.4 Å². The van der Waals surface area contributed by atoms with Crippen LogP contribution in [0.2, 0.25) is 0 Å². The largest absolute Gasteiger partial charge is 0.383 e. The molecule has 4 aromatic rings. The highest BCUT2D eigenvalue weighted by Gasteiger charge is 2.31. The third kappa shape index (κ3) is 4.70. The summed E-state index contributed by atoms with van der Waals surface area (Å²) in [6.45, 7) is 3.34. The Balaban J connectivity index is 1.27. The molecule has 40 heavy (non-hydrogen) atoms. The number of nitrogens with two attached hydrogens (primary N) is 1. The van der Waals surface area contributed by atoms with Gasteiger partial charge in [0.25, 0.3) is 0 Å². The van der Waals surface area contributed by atoms with Gasteiger partial charge >= 0.3 is 0 Å². The molecule has 5 heterocycles. The Hall–Kier alpha value is -4.60. The van der Waals surface area contributed by atoms with Crippen molar-refractivity contribution in [3.05, 3.63) is 66.1 Å². The lowest BCUT2D eigenvalue weighted by Crippen LogP contribution is -2.44. The Bertz CT molecular complexity index is 1590. The van der Waals surface area contributed by atoms with Crippen LogP contribution >= 0.6 is 0 Å². The number of rotatable bonds is 6. The summed E-state index contributed by atoms with van der Waals surface area (Å²) >= 11 is 0. The number of hydrogen-bond acceptors (Lipinski definition) is 7. The number of amides is 2. The monoisotopic (exact) mass is 537 g/mol. The molecule has 0 bridgehead atoms. The first kappa shape index (κ1) is 25.7. The van der Waals surface area contributed by atoms with Gasteiger partial charge in [0.15, 0.2) is 11.4 Å². The molecule has 3 aromatic heterocycles. The number of pyridine rings is 1. The number of carbonyl (C=O) groups is 3. The van der Waals surface area contributed by atoms with Crippen molar-refractivity contribution in [2.75, 3.05) is 31.9 Å². The second-order valence-electron chi connectivity index (χ2n) is 10.5. The molecule has 10 nitrogen and oxygen atoms in total. The minimum atomic E-state index is -0.168. The maximum absolute atomic E-state index is 12.9. The second kappa shape index (κ2) is 10.5. The van der Waals surface area contributed by atoms with E-state index in [1.165, 1.54) is 11.4 Å². The van der Waals surface area contributed by atoms with Gasteiger partial charge in [-0.1, -0.05) is 36.4 Å². The quantitative estimate of drug-likeness (QED) is 0.373. The van der Waals surface area contributed by atoms with Crippen molar-refractivity contribution in [2.45, 2.75) is 38.5 Å². The van der Waals surface area contributed by atoms with Crippen LogP contribution in [0.5, 0.6) is 0 Å². The smallest absolute Gasteiger partial charge is 0.242 e. The van der Waals surface area contributed by atoms with E-state index < -0.39 is 0 Å². The fraction of sp³-hybridized carbons (Fsp3) is 0.333. The third-order valence-electron chi connectivity index (χ3n) is 7.94. The summed E-state index contributed by atoms with van der Waals surface area (Å²) in [7, 11) is 0. The highest BCUT2D eigenvalue weighted by molar-refractivity contribution is 6.00. The van der Waals surface area contributed by atoms with Crippen LogP contribution < -0.4 is 5.73 Å². The Kier molecular flexibility index (Phi) is 6.75. The molecule has 0 saturated carbocycles. The number of Topliss-reactive ketones (excluding diaryl/α,β-unsaturated/α-hetero) is 1. The molecule has 2 aliphatic heterocycles. The van der Waals surface area contributed by atoms with Crippen molar-refractivity contribution in [1.82, 2.24) is 29.4 Å². The van der Waals surface area contributed by atoms with E-state index in [-0.39, 0.29) is 35.9 Å². The summed E-state index contributed by atoms with van der Waals surface area (Å²) < 4.78 is 1.52. The second-order valence-corrected chi connectivity index (χ2v) is 10.5. The molecule has 1 aromatic carbocycles. The Morgan fingerprint density at radius 3 is 2.42 bits per heavy atom. The molecular formula is C30H31N7O3. The summed E-state index contributed by atoms with van der Waals surface area (Å²) in [6, 6.07) is 13.9. The maximum Gasteiger partial charge on any atom is 0.242 e. The van der Waals surface area contributed by atoms with Gasteiger partial charge in [-0.2, -0.15) is 9.61 Å². The fourth-order valence-electron chi connectivity index (χ4n) is 5.76. The number of likely N-dealkylation sites (tertiary alicyclic amines) is 2. The Labute approximate surface area is 231 Å². The zero-order chi connectivity index (χ0) is 27.8. The number of nitrogen functional groups attached to an aromatic ring is 1. The van der Waals surface area contributed by atoms with Crippen LogP contribution in [-0.4, -0.2) is 73.2 Å². The highest BCUT2D eigenvalue weighted by Crippen LogP contribution is 2.35. The van der Waals surface area contributed by atoms with E-state index in [0.29, 0.717) is 55.8 Å². The SMILES string of the molecule is CC(=O)c1c(C2CCN(C(=O)CN3CCCC3=O)CC2)nc2c(-c3ccc(-c4ccccc4)nc3)cnn2c1N. The number of carbonyl (C=O) groups excluding carboxylic acids is 3. The van der Waals surface area contributed by atoms with Crippen molar-refractivity contribution in [2.24, 2.45) is 0 Å². The number of nitrogens with zero attached hydrogens (tertiary/aromatic N) is 6. The molecular weight excluding hydrogens is 506 g/mol. The van der Waals surface area contributed by atoms with Gasteiger partial charge in [-0.05, 0) is 32.3 Å². The van der Waals surface area contributed by atoms with Gasteiger partial charge in [0.05, 0.1) is 29.7 Å². The summed E-state index contributed by atoms with van der Waals surface area (Å²) in [5, 5.41) is 4.46. The van der Waals surface area contributed by atoms with Gasteiger partial charge < -0.3 is 15.5 Å². The lowest BCUT2D eigenvalue weighted by atomic mass is 9.89. The first-order chi connectivity index (χ1) is 19.4. The van der Waals surface area contributed by atoms with Crippen LogP contribution in [-0.2, 0) is 9.59 Å². The number of anilines is 1. The summed E-state index contributed by atoms with van der Waals surface area (Å²) in [5.74, 6) is 0.0688. The molecule has 2 amide bonds. The minimum Gasteiger partial charge on any atom is -0.383 e. The van der Waals surface area contributed by atoms with Crippen LogP contribution in [0, 0.1) is 0 Å². The van der Waals surface area contributed by atoms with Crippen molar-refractivity contribution >= 4 is 29.1 Å². The third-order valence-corrected chi connectivity index (χ3v) is 7.94. The molecule has 2 saturated heterocycles. The standard InChI is InChI=1S/C30H31N7O3/c1-19(38)27-28(21-11-14-35(15-12-21)26(40)18-36-13-5-8-25(36)39)34-30-23(17-33-37(30)29(27)31)22-9-10-24(32-16-22)20-6-3-2-4-7-20/h2-4,6-7,9-10,16-17,21H,5,8,11-15,18,31H2,1H3. The first-order valence-electron chi connectivity index (χ1n) is 13.7. The molecule has 2 N–H and O–H groups in total. The number of piperidine rings is 1. The predicted molar refractivity (Wildman–Crippen MR) is 150 cm³/mol. The van der Waals surface area contributed by atoms with Gasteiger partial charge in [0.2, 0.25) is 11.8 Å². The van der Waals surface area contributed by atoms with E-state index in [2.05, 4.69) is 10.1 Å². The first-order valence-corrected chi connectivity index (χ1v) is 13.7. The topological polar surface area (TPSA) is 127 Å². The summed E-state index contributed by atoms with van der Waals surface area (Å²) in [6.07, 6.45) is 6.13. The number of aromatic nitrogens is 4. The van der Waals surface area contributed by atoms with E-state index in [1.54, 1.807) is 17.3 Å². The van der Waals surface area contributed by atoms with E-state index in [1.807, 2.05) is 47.4 Å². The van der Waals surface area contributed by atoms with Gasteiger partial charge in [0.1, 0.15) is 5.82 Å². The predicted octanol–water partition coefficient (Wildman–Crippen LogP) is 3.57. The molecule has 10 heteroatoms. The highest BCUT2D eigenvalue weighted by atomic mass is 16.2. The van der Waals surface area contributed by atoms with Gasteiger partial charge in [-0.3, -0.25) is 19.4 Å². The fourth-order valence-corrected chi connectivity index (χ4v) is 5.76. The van der Waals surface area contributed by atoms with Gasteiger partial charge in [0, 0.05) is 54.9 Å². The lowest BCUT2D eigenvalue weighted by Gasteiger charge is -2.33. The van der Waals surface area contributed by atoms with Gasteiger partial charge in [-0.15, -0.1) is 0 Å².